The van der Waals surface area contributed by atoms with Crippen LogP contribution in [0.1, 0.15) is 42.5 Å². The molecule has 8 nitrogen and oxygen atoms in total. The van der Waals surface area contributed by atoms with Crippen LogP contribution in [0.5, 0.6) is 0 Å². The van der Waals surface area contributed by atoms with E-state index in [-0.39, 0.29) is 5.91 Å². The maximum Gasteiger partial charge on any atom is 0.320 e. The highest BCUT2D eigenvalue weighted by Gasteiger charge is 2.27. The molecule has 4 N–H and O–H groups in total. The number of fused-ring (bicyclic) bond motifs is 1. The molecule has 0 radical (unpaired) electrons. The number of rotatable bonds is 12. The number of aryl methyl sites for hydroxylation is 1. The number of carbonyl (C=O) groups is 3. The zero-order valence-electron chi connectivity index (χ0n) is 19.4. The fourth-order valence-electron chi connectivity index (χ4n) is 4.18. The van der Waals surface area contributed by atoms with Gasteiger partial charge in [-0.15, -0.1) is 11.3 Å². The molecule has 2 amide bonds. The Labute approximate surface area is 213 Å². The number of carboxylic acid groups (broad SMARTS) is 1. The van der Waals surface area contributed by atoms with Crippen molar-refractivity contribution in [3.63, 3.8) is 0 Å². The second-order valence-electron chi connectivity index (χ2n) is 8.68. The molecule has 10 heteroatoms. The summed E-state index contributed by atoms with van der Waals surface area (Å²) in [5.41, 5.74) is 9.19. The quantitative estimate of drug-likeness (QED) is 0.171. The summed E-state index contributed by atoms with van der Waals surface area (Å²) < 4.78 is 1.60. The number of thiophene rings is 1. The molecular weight excluding hydrogens is 484 g/mol. The van der Waals surface area contributed by atoms with E-state index < -0.39 is 12.0 Å². The summed E-state index contributed by atoms with van der Waals surface area (Å²) in [5.74, 6) is -0.973. The highest BCUT2D eigenvalue weighted by molar-refractivity contribution is 8.08. The number of benzene rings is 1. The second kappa shape index (κ2) is 11.7. The second-order valence-corrected chi connectivity index (χ2v) is 10.8. The molecule has 2 aliphatic heterocycles. The average molecular weight is 515 g/mol. The molecule has 0 spiro atoms. The van der Waals surface area contributed by atoms with Crippen molar-refractivity contribution in [3.8, 4) is 10.4 Å². The van der Waals surface area contributed by atoms with Gasteiger partial charge in [0.05, 0.1) is 0 Å². The molecule has 1 fully saturated rings. The van der Waals surface area contributed by atoms with Crippen LogP contribution in [0.15, 0.2) is 35.4 Å². The molecule has 2 aliphatic rings. The maximum absolute atomic E-state index is 12.3. The number of nitrogens with one attached hydrogen (secondary N) is 1. The molecule has 3 heterocycles. The molecule has 0 aliphatic carbocycles. The van der Waals surface area contributed by atoms with E-state index in [1.807, 2.05) is 6.08 Å². The van der Waals surface area contributed by atoms with Gasteiger partial charge in [0.2, 0.25) is 12.3 Å². The summed E-state index contributed by atoms with van der Waals surface area (Å²) in [6.07, 6.45) is 7.18. The van der Waals surface area contributed by atoms with Gasteiger partial charge < -0.3 is 21.1 Å². The number of hydrogen-bond donors (Lipinski definition) is 3. The lowest BCUT2D eigenvalue weighted by Gasteiger charge is -2.31. The Bertz CT molecular complexity index is 1120. The smallest absolute Gasteiger partial charge is 0.320 e. The maximum atomic E-state index is 12.3. The first-order chi connectivity index (χ1) is 16.9. The van der Waals surface area contributed by atoms with Crippen LogP contribution in [-0.2, 0) is 20.8 Å². The van der Waals surface area contributed by atoms with Crippen molar-refractivity contribution in [1.82, 2.24) is 9.62 Å². The van der Waals surface area contributed by atoms with E-state index in [0.29, 0.717) is 32.4 Å². The van der Waals surface area contributed by atoms with E-state index in [0.717, 1.165) is 42.1 Å². The SMILES string of the molecule is NC(CCCCNC(=O)CCN1CCCc2cc(-c3ccc(/C=C4/SN4C=O)s3)ccc21)C(=O)O. The van der Waals surface area contributed by atoms with E-state index in [1.165, 1.54) is 33.6 Å². The Morgan fingerprint density at radius 2 is 2.09 bits per heavy atom. The molecule has 1 aromatic heterocycles. The summed E-state index contributed by atoms with van der Waals surface area (Å²) in [4.78, 5) is 38.4. The van der Waals surface area contributed by atoms with Crippen LogP contribution in [0.25, 0.3) is 16.5 Å². The van der Waals surface area contributed by atoms with Crippen molar-refractivity contribution in [2.24, 2.45) is 5.73 Å². The lowest BCUT2D eigenvalue weighted by molar-refractivity contribution is -0.138. The largest absolute Gasteiger partial charge is 0.480 e. The zero-order valence-corrected chi connectivity index (χ0v) is 21.1. The minimum Gasteiger partial charge on any atom is -0.480 e. The molecule has 1 aromatic carbocycles. The van der Waals surface area contributed by atoms with Crippen LogP contribution in [0.2, 0.25) is 0 Å². The number of carboxylic acids is 1. The van der Waals surface area contributed by atoms with Crippen molar-refractivity contribution in [2.45, 2.75) is 44.6 Å². The molecule has 1 atom stereocenters. The fraction of sp³-hybridized carbons (Fsp3) is 0.400. The number of nitrogens with two attached hydrogens (primary N) is 1. The number of nitrogens with zero attached hydrogens (tertiary/aromatic N) is 2. The van der Waals surface area contributed by atoms with E-state index >= 15 is 0 Å². The van der Waals surface area contributed by atoms with E-state index in [2.05, 4.69) is 40.5 Å². The normalized spacial score (nSPS) is 16.7. The van der Waals surface area contributed by atoms with Gasteiger partial charge in [0.15, 0.2) is 0 Å². The summed E-state index contributed by atoms with van der Waals surface area (Å²) in [5, 5.41) is 12.7. The van der Waals surface area contributed by atoms with Gasteiger partial charge in [-0.25, -0.2) is 4.31 Å². The van der Waals surface area contributed by atoms with E-state index in [4.69, 9.17) is 10.8 Å². The Morgan fingerprint density at radius 3 is 2.86 bits per heavy atom. The van der Waals surface area contributed by atoms with Crippen molar-refractivity contribution in [1.29, 1.82) is 0 Å². The van der Waals surface area contributed by atoms with Crippen LogP contribution >= 0.6 is 23.3 Å². The van der Waals surface area contributed by atoms with Gasteiger partial charge in [-0.2, -0.15) is 0 Å². The first-order valence-corrected chi connectivity index (χ1v) is 13.4. The monoisotopic (exact) mass is 514 g/mol. The van der Waals surface area contributed by atoms with Gasteiger partial charge in [0.1, 0.15) is 11.1 Å². The number of carbonyl (C=O) groups excluding carboxylic acids is 2. The molecule has 1 unspecified atom stereocenters. The molecule has 0 bridgehead atoms. The highest BCUT2D eigenvalue weighted by Crippen LogP contribution is 2.44. The van der Waals surface area contributed by atoms with Crippen molar-refractivity contribution in [3.05, 3.63) is 45.8 Å². The van der Waals surface area contributed by atoms with Crippen LogP contribution in [-0.4, -0.2) is 53.4 Å². The third-order valence-corrected chi connectivity index (χ3v) is 8.02. The highest BCUT2D eigenvalue weighted by atomic mass is 32.2. The van der Waals surface area contributed by atoms with Crippen molar-refractivity contribution >= 4 is 53.3 Å². The van der Waals surface area contributed by atoms with Crippen molar-refractivity contribution < 1.29 is 19.5 Å². The Hall–Kier alpha value is -2.82. The van der Waals surface area contributed by atoms with Crippen LogP contribution in [0.4, 0.5) is 5.69 Å². The topological polar surface area (TPSA) is 116 Å². The molecule has 2 aromatic rings. The summed E-state index contributed by atoms with van der Waals surface area (Å²) >= 11 is 3.16. The van der Waals surface area contributed by atoms with Crippen molar-refractivity contribution in [2.75, 3.05) is 24.5 Å². The van der Waals surface area contributed by atoms with Crippen LogP contribution in [0, 0.1) is 0 Å². The molecule has 35 heavy (non-hydrogen) atoms. The third kappa shape index (κ3) is 6.87. The standard InChI is InChI=1S/C25H30N4O4S2/c26-20(25(32)33)5-1-2-11-27-23(31)10-13-28-12-3-4-17-14-18(6-8-21(17)28)22-9-7-19(34-22)15-24-29(16-30)35-24/h6-9,14-16,20H,1-5,10-13,26H2,(H,27,31)(H,32,33)/b24-15+. The van der Waals surface area contributed by atoms with E-state index in [1.54, 1.807) is 15.6 Å². The zero-order chi connectivity index (χ0) is 24.8. The van der Waals surface area contributed by atoms with Crippen LogP contribution < -0.4 is 16.0 Å². The van der Waals surface area contributed by atoms with Gasteiger partial charge >= 0.3 is 5.97 Å². The summed E-state index contributed by atoms with van der Waals surface area (Å²) in [7, 11) is 0. The first-order valence-electron chi connectivity index (χ1n) is 11.8. The lowest BCUT2D eigenvalue weighted by Crippen LogP contribution is -2.34. The minimum atomic E-state index is -0.986. The van der Waals surface area contributed by atoms with Gasteiger partial charge in [0, 0.05) is 53.4 Å². The van der Waals surface area contributed by atoms with Gasteiger partial charge in [-0.05, 0) is 73.6 Å². The number of anilines is 1. The number of unbranched alkanes of at least 4 members (excludes halogenated alkanes) is 1. The molecular formula is C25H30N4O4S2. The predicted molar refractivity (Wildman–Crippen MR) is 141 cm³/mol. The van der Waals surface area contributed by atoms with Crippen LogP contribution in [0.3, 0.4) is 0 Å². The van der Waals surface area contributed by atoms with Gasteiger partial charge in [-0.3, -0.25) is 14.4 Å². The summed E-state index contributed by atoms with van der Waals surface area (Å²) in [6, 6.07) is 9.94. The number of hydrogen-bond acceptors (Lipinski definition) is 7. The molecule has 186 valence electrons. The molecule has 4 rings (SSSR count). The third-order valence-electron chi connectivity index (χ3n) is 6.13. The lowest BCUT2D eigenvalue weighted by atomic mass is 9.98. The fourth-order valence-corrected chi connectivity index (χ4v) is 5.67. The molecule has 1 saturated heterocycles. The Morgan fingerprint density at radius 1 is 1.23 bits per heavy atom. The Kier molecular flexibility index (Phi) is 8.48. The predicted octanol–water partition coefficient (Wildman–Crippen LogP) is 3.67. The minimum absolute atomic E-state index is 0.0125. The molecule has 0 saturated carbocycles. The first kappa shape index (κ1) is 25.3. The summed E-state index contributed by atoms with van der Waals surface area (Å²) in [6.45, 7) is 2.15. The average Bonchev–Trinajstić information content (AvgIpc) is 3.44. The number of aliphatic carboxylic acids is 1. The number of amides is 2. The van der Waals surface area contributed by atoms with E-state index in [9.17, 15) is 14.4 Å². The van der Waals surface area contributed by atoms with Gasteiger partial charge in [-0.1, -0.05) is 6.07 Å². The van der Waals surface area contributed by atoms with Gasteiger partial charge in [0.25, 0.3) is 0 Å². The Balaban J connectivity index is 1.27.